The maximum absolute atomic E-state index is 10.1. The van der Waals surface area contributed by atoms with Crippen molar-refractivity contribution in [1.29, 1.82) is 0 Å². The van der Waals surface area contributed by atoms with Crippen LogP contribution in [0.15, 0.2) is 0 Å². The van der Waals surface area contributed by atoms with E-state index in [-0.39, 0.29) is 6.61 Å². The van der Waals surface area contributed by atoms with Crippen molar-refractivity contribution in [1.82, 2.24) is 0 Å². The number of rotatable bonds is 5. The van der Waals surface area contributed by atoms with Gasteiger partial charge in [-0.25, -0.2) is 0 Å². The van der Waals surface area contributed by atoms with Crippen LogP contribution in [-0.2, 0) is 0 Å². The fraction of sp³-hybridized carbons (Fsp3) is 0.833. The van der Waals surface area contributed by atoms with E-state index in [0.717, 1.165) is 12.8 Å². The summed E-state index contributed by atoms with van der Waals surface area (Å²) in [5.41, 5.74) is -0.857. The van der Waals surface area contributed by atoms with Gasteiger partial charge in [0.15, 0.2) is 0 Å². The number of aliphatic hydroxyl groups is 2. The molecule has 2 heteroatoms. The SMILES string of the molecule is CCC(C)CC(O)(C#CCCO)CC. The summed E-state index contributed by atoms with van der Waals surface area (Å²) in [6.45, 7) is 6.24. The summed E-state index contributed by atoms with van der Waals surface area (Å²) < 4.78 is 0. The summed E-state index contributed by atoms with van der Waals surface area (Å²) in [5.74, 6) is 6.15. The minimum atomic E-state index is -0.857. The lowest BCUT2D eigenvalue weighted by Crippen LogP contribution is -2.28. The lowest BCUT2D eigenvalue weighted by atomic mass is 9.88. The van der Waals surface area contributed by atoms with E-state index in [1.165, 1.54) is 0 Å². The van der Waals surface area contributed by atoms with E-state index < -0.39 is 5.60 Å². The molecular weight excluding hydrogens is 176 g/mol. The molecule has 0 saturated carbocycles. The van der Waals surface area contributed by atoms with Gasteiger partial charge in [-0.15, -0.1) is 0 Å². The molecule has 0 radical (unpaired) electrons. The number of hydrogen-bond acceptors (Lipinski definition) is 2. The van der Waals surface area contributed by atoms with Gasteiger partial charge in [0.25, 0.3) is 0 Å². The predicted octanol–water partition coefficient (Wildman–Crippen LogP) is 1.95. The molecule has 0 aliphatic carbocycles. The molecule has 0 bridgehead atoms. The third-order valence-corrected chi connectivity index (χ3v) is 2.53. The number of hydrogen-bond donors (Lipinski definition) is 2. The second-order valence-corrected chi connectivity index (χ2v) is 3.88. The smallest absolute Gasteiger partial charge is 0.125 e. The first kappa shape index (κ1) is 13.5. The molecule has 0 aliphatic rings. The maximum Gasteiger partial charge on any atom is 0.125 e. The Hall–Kier alpha value is -0.520. The lowest BCUT2D eigenvalue weighted by molar-refractivity contribution is 0.0707. The Balaban J connectivity index is 4.26. The second-order valence-electron chi connectivity index (χ2n) is 3.88. The molecule has 0 rings (SSSR count). The van der Waals surface area contributed by atoms with Crippen molar-refractivity contribution in [2.24, 2.45) is 5.92 Å². The predicted molar refractivity (Wildman–Crippen MR) is 58.8 cm³/mol. The highest BCUT2D eigenvalue weighted by Crippen LogP contribution is 2.21. The highest BCUT2D eigenvalue weighted by Gasteiger charge is 2.23. The van der Waals surface area contributed by atoms with Gasteiger partial charge >= 0.3 is 0 Å². The molecule has 0 heterocycles. The van der Waals surface area contributed by atoms with Crippen molar-refractivity contribution in [2.75, 3.05) is 6.61 Å². The van der Waals surface area contributed by atoms with Crippen LogP contribution in [0.5, 0.6) is 0 Å². The molecule has 2 N–H and O–H groups in total. The van der Waals surface area contributed by atoms with Gasteiger partial charge in [-0.1, -0.05) is 39.0 Å². The summed E-state index contributed by atoms with van der Waals surface area (Å²) >= 11 is 0. The van der Waals surface area contributed by atoms with E-state index in [1.807, 2.05) is 6.92 Å². The van der Waals surface area contributed by atoms with E-state index in [1.54, 1.807) is 0 Å². The zero-order valence-corrected chi connectivity index (χ0v) is 9.51. The topological polar surface area (TPSA) is 40.5 Å². The average molecular weight is 198 g/mol. The van der Waals surface area contributed by atoms with Crippen LogP contribution in [0.4, 0.5) is 0 Å². The van der Waals surface area contributed by atoms with Gasteiger partial charge < -0.3 is 10.2 Å². The molecule has 82 valence electrons. The fourth-order valence-electron chi connectivity index (χ4n) is 1.29. The summed E-state index contributed by atoms with van der Waals surface area (Å²) in [6, 6.07) is 0. The van der Waals surface area contributed by atoms with Gasteiger partial charge in [0.1, 0.15) is 5.60 Å². The summed E-state index contributed by atoms with van der Waals surface area (Å²) in [4.78, 5) is 0. The molecule has 0 fully saturated rings. The van der Waals surface area contributed by atoms with Crippen molar-refractivity contribution in [3.63, 3.8) is 0 Å². The van der Waals surface area contributed by atoms with Crippen LogP contribution >= 0.6 is 0 Å². The normalized spacial score (nSPS) is 16.6. The zero-order valence-electron chi connectivity index (χ0n) is 9.51. The van der Waals surface area contributed by atoms with Crippen LogP contribution in [0.2, 0.25) is 0 Å². The minimum absolute atomic E-state index is 0.0656. The van der Waals surface area contributed by atoms with Crippen LogP contribution in [0.3, 0.4) is 0 Å². The van der Waals surface area contributed by atoms with Crippen molar-refractivity contribution in [2.45, 2.75) is 52.1 Å². The van der Waals surface area contributed by atoms with E-state index >= 15 is 0 Å². The summed E-state index contributed by atoms with van der Waals surface area (Å²) in [5, 5.41) is 18.7. The molecule has 0 saturated heterocycles. The van der Waals surface area contributed by atoms with E-state index in [9.17, 15) is 5.11 Å². The Labute approximate surface area is 87.3 Å². The Morgan fingerprint density at radius 3 is 2.43 bits per heavy atom. The Bertz CT molecular complexity index is 202. The average Bonchev–Trinajstić information content (AvgIpc) is 2.18. The number of aliphatic hydroxyl groups excluding tert-OH is 1. The third kappa shape index (κ3) is 5.26. The van der Waals surface area contributed by atoms with Gasteiger partial charge in [0.05, 0.1) is 6.61 Å². The maximum atomic E-state index is 10.1. The first-order valence-corrected chi connectivity index (χ1v) is 5.41. The van der Waals surface area contributed by atoms with Crippen molar-refractivity contribution < 1.29 is 10.2 Å². The molecule has 2 nitrogen and oxygen atoms in total. The van der Waals surface area contributed by atoms with E-state index in [4.69, 9.17) is 5.11 Å². The van der Waals surface area contributed by atoms with Crippen LogP contribution in [0.1, 0.15) is 46.5 Å². The minimum Gasteiger partial charge on any atom is -0.395 e. The Morgan fingerprint density at radius 1 is 1.36 bits per heavy atom. The monoisotopic (exact) mass is 198 g/mol. The van der Waals surface area contributed by atoms with E-state index in [2.05, 4.69) is 25.7 Å². The molecule has 2 unspecified atom stereocenters. The highest BCUT2D eigenvalue weighted by molar-refractivity contribution is 5.13. The molecule has 0 amide bonds. The Kier molecular flexibility index (Phi) is 6.61. The van der Waals surface area contributed by atoms with Gasteiger partial charge in [0.2, 0.25) is 0 Å². The van der Waals surface area contributed by atoms with Crippen LogP contribution in [-0.4, -0.2) is 22.4 Å². The summed E-state index contributed by atoms with van der Waals surface area (Å²) in [6.07, 6.45) is 2.88. The quantitative estimate of drug-likeness (QED) is 0.663. The summed E-state index contributed by atoms with van der Waals surface area (Å²) in [7, 11) is 0. The second kappa shape index (κ2) is 6.86. The highest BCUT2D eigenvalue weighted by atomic mass is 16.3. The van der Waals surface area contributed by atoms with Crippen LogP contribution in [0.25, 0.3) is 0 Å². The van der Waals surface area contributed by atoms with E-state index in [0.29, 0.717) is 18.8 Å². The Morgan fingerprint density at radius 2 is 2.00 bits per heavy atom. The van der Waals surface area contributed by atoms with Crippen LogP contribution in [0, 0.1) is 17.8 Å². The molecule has 0 aliphatic heterocycles. The first-order valence-electron chi connectivity index (χ1n) is 5.41. The molecular formula is C12H22O2. The zero-order chi connectivity index (χ0) is 11.0. The lowest BCUT2D eigenvalue weighted by Gasteiger charge is -2.23. The molecule has 0 aromatic carbocycles. The van der Waals surface area contributed by atoms with Gasteiger partial charge in [-0.2, -0.15) is 0 Å². The molecule has 2 atom stereocenters. The standard InChI is InChI=1S/C12H22O2/c1-4-11(3)10-12(14,5-2)8-6-7-9-13/h11,13-14H,4-5,7,9-10H2,1-3H3. The van der Waals surface area contributed by atoms with Crippen molar-refractivity contribution in [3.05, 3.63) is 0 Å². The van der Waals surface area contributed by atoms with Crippen LogP contribution < -0.4 is 0 Å². The molecule has 0 spiro atoms. The molecule has 14 heavy (non-hydrogen) atoms. The first-order chi connectivity index (χ1) is 6.58. The largest absolute Gasteiger partial charge is 0.395 e. The molecule has 0 aromatic rings. The third-order valence-electron chi connectivity index (χ3n) is 2.53. The van der Waals surface area contributed by atoms with Crippen molar-refractivity contribution >= 4 is 0 Å². The fourth-order valence-corrected chi connectivity index (χ4v) is 1.29. The van der Waals surface area contributed by atoms with Gasteiger partial charge in [-0.3, -0.25) is 0 Å². The van der Waals surface area contributed by atoms with Crippen molar-refractivity contribution in [3.8, 4) is 11.8 Å². The van der Waals surface area contributed by atoms with Gasteiger partial charge in [-0.05, 0) is 18.8 Å². The molecule has 0 aromatic heterocycles. The van der Waals surface area contributed by atoms with Gasteiger partial charge in [0, 0.05) is 6.42 Å².